The molecule has 1 aliphatic heterocycles. The molecule has 1 aromatic carbocycles. The lowest BCUT2D eigenvalue weighted by molar-refractivity contribution is -0.157. The van der Waals surface area contributed by atoms with Crippen molar-refractivity contribution >= 4 is 5.97 Å². The van der Waals surface area contributed by atoms with Gasteiger partial charge < -0.3 is 14.2 Å². The maximum Gasteiger partial charge on any atom is 0.330 e. The van der Waals surface area contributed by atoms with E-state index < -0.39 is 0 Å². The van der Waals surface area contributed by atoms with Crippen molar-refractivity contribution in [3.63, 3.8) is 0 Å². The Morgan fingerprint density at radius 1 is 1.32 bits per heavy atom. The standard InChI is InChI=1S/C18H24O4/c1-2-20-17(19)13-16(12-15-8-4-3-5-9-15)14-22-18-10-6-7-11-21-18/h3-5,8-9,13,18H,2,6-7,10-12,14H2,1H3/b16-13+. The highest BCUT2D eigenvalue weighted by molar-refractivity contribution is 5.82. The van der Waals surface area contributed by atoms with E-state index in [1.54, 1.807) is 13.0 Å². The van der Waals surface area contributed by atoms with Crippen LogP contribution < -0.4 is 0 Å². The zero-order valence-electron chi connectivity index (χ0n) is 13.1. The van der Waals surface area contributed by atoms with Crippen LogP contribution >= 0.6 is 0 Å². The molecule has 1 heterocycles. The second-order valence-electron chi connectivity index (χ2n) is 5.32. The summed E-state index contributed by atoms with van der Waals surface area (Å²) in [6.07, 6.45) is 5.19. The molecule has 0 bridgehead atoms. The van der Waals surface area contributed by atoms with Gasteiger partial charge in [0.25, 0.3) is 0 Å². The van der Waals surface area contributed by atoms with Crippen LogP contribution in [0.15, 0.2) is 42.0 Å². The number of hydrogen-bond donors (Lipinski definition) is 0. The van der Waals surface area contributed by atoms with Gasteiger partial charge in [-0.1, -0.05) is 30.3 Å². The summed E-state index contributed by atoms with van der Waals surface area (Å²) in [4.78, 5) is 11.7. The Morgan fingerprint density at radius 3 is 2.82 bits per heavy atom. The minimum Gasteiger partial charge on any atom is -0.463 e. The number of ether oxygens (including phenoxy) is 3. The van der Waals surface area contributed by atoms with Gasteiger partial charge in [0.15, 0.2) is 6.29 Å². The Labute approximate surface area is 132 Å². The first kappa shape index (κ1) is 16.7. The number of carbonyl (C=O) groups is 1. The fourth-order valence-electron chi connectivity index (χ4n) is 2.39. The van der Waals surface area contributed by atoms with Gasteiger partial charge in [0.05, 0.1) is 13.2 Å². The van der Waals surface area contributed by atoms with Crippen LogP contribution in [-0.4, -0.2) is 32.1 Å². The molecule has 0 N–H and O–H groups in total. The summed E-state index contributed by atoms with van der Waals surface area (Å²) in [6.45, 7) is 3.31. The van der Waals surface area contributed by atoms with E-state index in [-0.39, 0.29) is 12.3 Å². The summed E-state index contributed by atoms with van der Waals surface area (Å²) in [7, 11) is 0. The third-order valence-corrected chi connectivity index (χ3v) is 3.48. The van der Waals surface area contributed by atoms with Crippen LogP contribution in [0.3, 0.4) is 0 Å². The Balaban J connectivity index is 1.95. The molecular formula is C18H24O4. The highest BCUT2D eigenvalue weighted by Gasteiger charge is 2.15. The van der Waals surface area contributed by atoms with E-state index in [0.29, 0.717) is 19.6 Å². The van der Waals surface area contributed by atoms with E-state index in [1.165, 1.54) is 0 Å². The second-order valence-corrected chi connectivity index (χ2v) is 5.32. The highest BCUT2D eigenvalue weighted by Crippen LogP contribution is 2.16. The summed E-state index contributed by atoms with van der Waals surface area (Å²) >= 11 is 0. The summed E-state index contributed by atoms with van der Waals surface area (Å²) < 4.78 is 16.4. The molecule has 2 rings (SSSR count). The molecule has 1 fully saturated rings. The van der Waals surface area contributed by atoms with Gasteiger partial charge in [-0.3, -0.25) is 0 Å². The normalized spacial score (nSPS) is 19.0. The van der Waals surface area contributed by atoms with Crippen molar-refractivity contribution in [3.8, 4) is 0 Å². The van der Waals surface area contributed by atoms with Gasteiger partial charge in [0.2, 0.25) is 0 Å². The average Bonchev–Trinajstić information content (AvgIpc) is 2.55. The summed E-state index contributed by atoms with van der Waals surface area (Å²) in [6, 6.07) is 10.0. The van der Waals surface area contributed by atoms with Crippen LogP contribution in [0.5, 0.6) is 0 Å². The largest absolute Gasteiger partial charge is 0.463 e. The van der Waals surface area contributed by atoms with E-state index in [0.717, 1.165) is 37.0 Å². The number of rotatable bonds is 7. The third-order valence-electron chi connectivity index (χ3n) is 3.48. The third kappa shape index (κ3) is 6.00. The fourth-order valence-corrected chi connectivity index (χ4v) is 2.39. The summed E-state index contributed by atoms with van der Waals surface area (Å²) in [5.41, 5.74) is 2.05. The molecule has 4 heteroatoms. The first-order valence-corrected chi connectivity index (χ1v) is 7.91. The molecule has 120 valence electrons. The molecule has 0 spiro atoms. The SMILES string of the molecule is CCOC(=O)/C=C(/COC1CCCCO1)Cc1ccccc1. The van der Waals surface area contributed by atoms with E-state index in [2.05, 4.69) is 0 Å². The summed E-state index contributed by atoms with van der Waals surface area (Å²) in [5.74, 6) is -0.318. The molecule has 1 unspecified atom stereocenters. The lowest BCUT2D eigenvalue weighted by Gasteiger charge is -2.23. The average molecular weight is 304 g/mol. The first-order chi connectivity index (χ1) is 10.8. The minimum absolute atomic E-state index is 0.157. The molecule has 1 atom stereocenters. The van der Waals surface area contributed by atoms with Crippen molar-refractivity contribution in [1.82, 2.24) is 0 Å². The van der Waals surface area contributed by atoms with Gasteiger partial charge in [-0.25, -0.2) is 4.79 Å². The van der Waals surface area contributed by atoms with Crippen molar-refractivity contribution in [2.24, 2.45) is 0 Å². The van der Waals surface area contributed by atoms with E-state index in [9.17, 15) is 4.79 Å². The van der Waals surface area contributed by atoms with Crippen LogP contribution in [0.4, 0.5) is 0 Å². The van der Waals surface area contributed by atoms with Crippen molar-refractivity contribution in [1.29, 1.82) is 0 Å². The molecular weight excluding hydrogens is 280 g/mol. The van der Waals surface area contributed by atoms with Crippen LogP contribution in [0, 0.1) is 0 Å². The zero-order chi connectivity index (χ0) is 15.6. The molecule has 22 heavy (non-hydrogen) atoms. The van der Waals surface area contributed by atoms with E-state index in [4.69, 9.17) is 14.2 Å². The predicted molar refractivity (Wildman–Crippen MR) is 84.4 cm³/mol. The molecule has 1 saturated heterocycles. The maximum atomic E-state index is 11.7. The summed E-state index contributed by atoms with van der Waals surface area (Å²) in [5, 5.41) is 0. The Kier molecular flexibility index (Phi) is 7.13. The lowest BCUT2D eigenvalue weighted by atomic mass is 10.1. The van der Waals surface area contributed by atoms with Crippen LogP contribution in [0.2, 0.25) is 0 Å². The monoisotopic (exact) mass is 304 g/mol. The first-order valence-electron chi connectivity index (χ1n) is 7.91. The van der Waals surface area contributed by atoms with Gasteiger partial charge in [-0.15, -0.1) is 0 Å². The molecule has 4 nitrogen and oxygen atoms in total. The second kappa shape index (κ2) is 9.38. The smallest absolute Gasteiger partial charge is 0.330 e. The minimum atomic E-state index is -0.318. The van der Waals surface area contributed by atoms with Crippen molar-refractivity contribution in [2.75, 3.05) is 19.8 Å². The van der Waals surface area contributed by atoms with E-state index >= 15 is 0 Å². The molecule has 0 aromatic heterocycles. The van der Waals surface area contributed by atoms with Gasteiger partial charge in [0, 0.05) is 12.7 Å². The molecule has 1 aliphatic rings. The zero-order valence-corrected chi connectivity index (χ0v) is 13.1. The maximum absolute atomic E-state index is 11.7. The predicted octanol–water partition coefficient (Wildman–Crippen LogP) is 3.26. The van der Waals surface area contributed by atoms with Crippen LogP contribution in [-0.2, 0) is 25.4 Å². The molecule has 1 aromatic rings. The van der Waals surface area contributed by atoms with Gasteiger partial charge in [0.1, 0.15) is 0 Å². The van der Waals surface area contributed by atoms with Crippen molar-refractivity contribution in [2.45, 2.75) is 38.9 Å². The van der Waals surface area contributed by atoms with E-state index in [1.807, 2.05) is 30.3 Å². The van der Waals surface area contributed by atoms with Crippen molar-refractivity contribution in [3.05, 3.63) is 47.5 Å². The molecule has 0 aliphatic carbocycles. The Bertz CT molecular complexity index is 475. The fraction of sp³-hybridized carbons (Fsp3) is 0.500. The number of esters is 1. The highest BCUT2D eigenvalue weighted by atomic mass is 16.7. The van der Waals surface area contributed by atoms with Crippen LogP contribution in [0.1, 0.15) is 31.7 Å². The van der Waals surface area contributed by atoms with Gasteiger partial charge >= 0.3 is 5.97 Å². The topological polar surface area (TPSA) is 44.8 Å². The molecule has 0 saturated carbocycles. The molecule has 0 radical (unpaired) electrons. The number of hydrogen-bond acceptors (Lipinski definition) is 4. The Hall–Kier alpha value is -1.65. The Morgan fingerprint density at radius 2 is 2.14 bits per heavy atom. The lowest BCUT2D eigenvalue weighted by Crippen LogP contribution is -2.23. The van der Waals surface area contributed by atoms with Crippen molar-refractivity contribution < 1.29 is 19.0 Å². The number of benzene rings is 1. The van der Waals surface area contributed by atoms with Crippen LogP contribution in [0.25, 0.3) is 0 Å². The quantitative estimate of drug-likeness (QED) is 0.573. The molecule has 0 amide bonds. The van der Waals surface area contributed by atoms with Gasteiger partial charge in [-0.2, -0.15) is 0 Å². The van der Waals surface area contributed by atoms with Gasteiger partial charge in [-0.05, 0) is 43.7 Å². The number of carbonyl (C=O) groups excluding carboxylic acids is 1.